The van der Waals surface area contributed by atoms with Gasteiger partial charge in [0.2, 0.25) is 0 Å². The summed E-state index contributed by atoms with van der Waals surface area (Å²) in [7, 11) is 0. The van der Waals surface area contributed by atoms with Crippen molar-refractivity contribution in [3.8, 4) is 0 Å². The largest absolute Gasteiger partial charge is 0.427 e. The van der Waals surface area contributed by atoms with Crippen molar-refractivity contribution in [3.63, 3.8) is 0 Å². The number of Topliss-reactive ketones (excluding diaryl/α,β-unsaturated/α-hetero) is 1. The van der Waals surface area contributed by atoms with E-state index in [1.165, 1.54) is 6.92 Å². The molecule has 1 saturated heterocycles. The summed E-state index contributed by atoms with van der Waals surface area (Å²) in [5.74, 6) is -0.418. The third-order valence-corrected chi connectivity index (χ3v) is 5.00. The minimum absolute atomic E-state index is 0.138. The molecule has 3 atom stereocenters. The molecule has 27 heavy (non-hydrogen) atoms. The summed E-state index contributed by atoms with van der Waals surface area (Å²) in [6.07, 6.45) is 9.33. The summed E-state index contributed by atoms with van der Waals surface area (Å²) >= 11 is 0. The van der Waals surface area contributed by atoms with E-state index in [1.807, 2.05) is 62.4 Å². The van der Waals surface area contributed by atoms with Gasteiger partial charge in [0.15, 0.2) is 5.78 Å². The SMILES string of the molecule is CC.CC(=O)OC1=CCCC=C1C1COC2C=Cc3ccccc3C2C1=O. The minimum atomic E-state index is -0.397. The normalized spacial score (nSPS) is 25.9. The summed E-state index contributed by atoms with van der Waals surface area (Å²) in [4.78, 5) is 24.7. The maximum Gasteiger partial charge on any atom is 0.308 e. The predicted octanol–water partition coefficient (Wildman–Crippen LogP) is 4.57. The van der Waals surface area contributed by atoms with Gasteiger partial charge in [-0.1, -0.05) is 56.3 Å². The molecular formula is C23H26O4. The molecule has 3 unspecified atom stereocenters. The molecule has 0 saturated carbocycles. The Hall–Kier alpha value is -2.46. The fourth-order valence-corrected chi connectivity index (χ4v) is 3.89. The third kappa shape index (κ3) is 3.81. The van der Waals surface area contributed by atoms with Crippen LogP contribution in [0.1, 0.15) is 50.7 Å². The van der Waals surface area contributed by atoms with E-state index in [0.29, 0.717) is 12.4 Å². The van der Waals surface area contributed by atoms with E-state index in [1.54, 1.807) is 0 Å². The van der Waals surface area contributed by atoms with Crippen LogP contribution >= 0.6 is 0 Å². The average Bonchev–Trinajstić information content (AvgIpc) is 2.70. The first-order valence-corrected chi connectivity index (χ1v) is 9.66. The van der Waals surface area contributed by atoms with Crippen molar-refractivity contribution >= 4 is 17.8 Å². The predicted molar refractivity (Wildman–Crippen MR) is 105 cm³/mol. The van der Waals surface area contributed by atoms with Crippen LogP contribution in [-0.4, -0.2) is 24.5 Å². The van der Waals surface area contributed by atoms with Gasteiger partial charge in [0.1, 0.15) is 5.76 Å². The monoisotopic (exact) mass is 366 g/mol. The van der Waals surface area contributed by atoms with E-state index in [9.17, 15) is 9.59 Å². The molecule has 0 amide bonds. The van der Waals surface area contributed by atoms with E-state index in [2.05, 4.69) is 0 Å². The molecule has 2 aliphatic carbocycles. The number of hydrogen-bond acceptors (Lipinski definition) is 4. The molecule has 142 valence electrons. The molecule has 1 aliphatic heterocycles. The van der Waals surface area contributed by atoms with E-state index in [-0.39, 0.29) is 23.8 Å². The number of fused-ring (bicyclic) bond motifs is 3. The maximum atomic E-state index is 13.3. The van der Waals surface area contributed by atoms with Gasteiger partial charge in [-0.05, 0) is 30.0 Å². The van der Waals surface area contributed by atoms with Gasteiger partial charge in [0.25, 0.3) is 0 Å². The van der Waals surface area contributed by atoms with E-state index < -0.39 is 5.92 Å². The Morgan fingerprint density at radius 2 is 1.89 bits per heavy atom. The van der Waals surface area contributed by atoms with Crippen molar-refractivity contribution < 1.29 is 19.1 Å². The molecule has 1 heterocycles. The first kappa shape index (κ1) is 19.3. The number of benzene rings is 1. The van der Waals surface area contributed by atoms with Gasteiger partial charge in [-0.15, -0.1) is 0 Å². The number of allylic oxidation sites excluding steroid dienone is 3. The van der Waals surface area contributed by atoms with Crippen LogP contribution in [0.5, 0.6) is 0 Å². The number of carbonyl (C=O) groups excluding carboxylic acids is 2. The number of hydrogen-bond donors (Lipinski definition) is 0. The molecule has 3 aliphatic rings. The molecule has 4 heteroatoms. The van der Waals surface area contributed by atoms with Crippen LogP contribution < -0.4 is 0 Å². The quantitative estimate of drug-likeness (QED) is 0.719. The standard InChI is InChI=1S/C21H20O4.C2H6/c1-13(22)25-18-9-5-4-8-16(18)17-12-24-19-11-10-14-6-2-3-7-15(14)20(19)21(17)23;1-2/h2-3,6-11,17,19-20H,4-5,12H2,1H3;1-2H3. The zero-order valence-electron chi connectivity index (χ0n) is 16.1. The summed E-state index contributed by atoms with van der Waals surface area (Å²) < 4.78 is 11.4. The Kier molecular flexibility index (Phi) is 6.07. The molecule has 0 bridgehead atoms. The van der Waals surface area contributed by atoms with Gasteiger partial charge in [-0.2, -0.15) is 0 Å². The van der Waals surface area contributed by atoms with Crippen molar-refractivity contribution in [2.45, 2.75) is 45.6 Å². The molecule has 0 spiro atoms. The van der Waals surface area contributed by atoms with Crippen LogP contribution in [0.4, 0.5) is 0 Å². The Bertz CT molecular complexity index is 815. The van der Waals surface area contributed by atoms with Gasteiger partial charge in [-0.3, -0.25) is 9.59 Å². The fraction of sp³-hybridized carbons (Fsp3) is 0.391. The number of ketones is 1. The lowest BCUT2D eigenvalue weighted by Crippen LogP contribution is -2.43. The Morgan fingerprint density at radius 1 is 1.15 bits per heavy atom. The molecular weight excluding hydrogens is 340 g/mol. The Balaban J connectivity index is 0.00000102. The Morgan fingerprint density at radius 3 is 2.67 bits per heavy atom. The Labute approximate surface area is 160 Å². The smallest absolute Gasteiger partial charge is 0.308 e. The molecule has 4 nitrogen and oxygen atoms in total. The topological polar surface area (TPSA) is 52.6 Å². The first-order valence-electron chi connectivity index (χ1n) is 9.66. The van der Waals surface area contributed by atoms with Gasteiger partial charge >= 0.3 is 5.97 Å². The highest BCUT2D eigenvalue weighted by Crippen LogP contribution is 2.41. The highest BCUT2D eigenvalue weighted by molar-refractivity contribution is 5.94. The number of ether oxygens (including phenoxy) is 2. The van der Waals surface area contributed by atoms with Crippen molar-refractivity contribution in [2.24, 2.45) is 5.92 Å². The van der Waals surface area contributed by atoms with Crippen LogP contribution in [0.2, 0.25) is 0 Å². The lowest BCUT2D eigenvalue weighted by molar-refractivity contribution is -0.139. The first-order chi connectivity index (χ1) is 13.1. The molecule has 1 aromatic rings. The van der Waals surface area contributed by atoms with Crippen LogP contribution in [-0.2, 0) is 19.1 Å². The molecule has 1 fully saturated rings. The second kappa shape index (κ2) is 8.49. The summed E-state index contributed by atoms with van der Waals surface area (Å²) in [6, 6.07) is 7.94. The van der Waals surface area contributed by atoms with Crippen LogP contribution in [0, 0.1) is 5.92 Å². The van der Waals surface area contributed by atoms with Gasteiger partial charge < -0.3 is 9.47 Å². The van der Waals surface area contributed by atoms with Crippen molar-refractivity contribution in [1.82, 2.24) is 0 Å². The van der Waals surface area contributed by atoms with Crippen LogP contribution in [0.15, 0.2) is 53.8 Å². The zero-order chi connectivity index (χ0) is 19.4. The zero-order valence-corrected chi connectivity index (χ0v) is 16.1. The second-order valence-corrected chi connectivity index (χ2v) is 6.62. The summed E-state index contributed by atoms with van der Waals surface area (Å²) in [5, 5.41) is 0. The summed E-state index contributed by atoms with van der Waals surface area (Å²) in [5.41, 5.74) is 2.87. The fourth-order valence-electron chi connectivity index (χ4n) is 3.89. The third-order valence-electron chi connectivity index (χ3n) is 5.00. The van der Waals surface area contributed by atoms with Gasteiger partial charge in [-0.25, -0.2) is 0 Å². The highest BCUT2D eigenvalue weighted by Gasteiger charge is 2.43. The van der Waals surface area contributed by atoms with Crippen LogP contribution in [0.25, 0.3) is 6.08 Å². The average molecular weight is 366 g/mol. The second-order valence-electron chi connectivity index (χ2n) is 6.62. The van der Waals surface area contributed by atoms with E-state index in [4.69, 9.17) is 9.47 Å². The molecule has 0 aromatic heterocycles. The highest BCUT2D eigenvalue weighted by atomic mass is 16.5. The summed E-state index contributed by atoms with van der Waals surface area (Å²) in [6.45, 7) is 5.70. The molecule has 0 radical (unpaired) electrons. The maximum absolute atomic E-state index is 13.3. The van der Waals surface area contributed by atoms with Crippen molar-refractivity contribution in [2.75, 3.05) is 6.61 Å². The van der Waals surface area contributed by atoms with Crippen molar-refractivity contribution in [1.29, 1.82) is 0 Å². The number of esters is 1. The molecule has 4 rings (SSSR count). The number of rotatable bonds is 2. The van der Waals surface area contributed by atoms with Gasteiger partial charge in [0.05, 0.1) is 24.5 Å². The lowest BCUT2D eigenvalue weighted by Gasteiger charge is -2.38. The van der Waals surface area contributed by atoms with E-state index >= 15 is 0 Å². The molecule has 0 N–H and O–H groups in total. The van der Waals surface area contributed by atoms with Crippen molar-refractivity contribution in [3.05, 3.63) is 65.0 Å². The van der Waals surface area contributed by atoms with Gasteiger partial charge in [0, 0.05) is 12.5 Å². The molecule has 1 aromatic carbocycles. The van der Waals surface area contributed by atoms with E-state index in [0.717, 1.165) is 29.5 Å². The minimum Gasteiger partial charge on any atom is -0.427 e. The van der Waals surface area contributed by atoms with Crippen LogP contribution in [0.3, 0.4) is 0 Å². The lowest BCUT2D eigenvalue weighted by atomic mass is 9.74. The number of carbonyl (C=O) groups is 2.